The molecule has 4 rings (SSSR count). The van der Waals surface area contributed by atoms with E-state index in [1.54, 1.807) is 35.9 Å². The number of imidazole rings is 1. The standard InChI is InChI=1S/C19H23N7O3/c1-23-7-9-25(10-8-23)18-21-16-15(17(28)22-19(29)24(16)2)26(18)11-14(27)12-3-5-13(20)6-4-12/h3-6H,7-11,20H2,1-2H3,(H,22,28,29). The zero-order valence-corrected chi connectivity index (χ0v) is 16.4. The van der Waals surface area contributed by atoms with E-state index in [9.17, 15) is 14.4 Å². The van der Waals surface area contributed by atoms with Crippen LogP contribution in [0, 0.1) is 0 Å². The number of H-pyrrole nitrogens is 1. The predicted octanol–water partition coefficient (Wildman–Crippen LogP) is -0.360. The van der Waals surface area contributed by atoms with Gasteiger partial charge in [0, 0.05) is 44.5 Å². The first-order chi connectivity index (χ1) is 13.8. The molecule has 3 heterocycles. The van der Waals surface area contributed by atoms with E-state index in [2.05, 4.69) is 14.9 Å². The van der Waals surface area contributed by atoms with E-state index in [1.165, 1.54) is 4.57 Å². The molecule has 2 aromatic heterocycles. The molecule has 0 radical (unpaired) electrons. The zero-order chi connectivity index (χ0) is 20.7. The van der Waals surface area contributed by atoms with Gasteiger partial charge in [0.15, 0.2) is 16.9 Å². The Labute approximate surface area is 166 Å². The highest BCUT2D eigenvalue weighted by atomic mass is 16.2. The quantitative estimate of drug-likeness (QED) is 0.455. The average molecular weight is 397 g/mol. The van der Waals surface area contributed by atoms with Crippen LogP contribution in [0.15, 0.2) is 33.9 Å². The number of aromatic nitrogens is 4. The summed E-state index contributed by atoms with van der Waals surface area (Å²) in [6.45, 7) is 3.03. The number of nitrogens with two attached hydrogens (primary N) is 1. The van der Waals surface area contributed by atoms with Gasteiger partial charge in [-0.3, -0.25) is 23.7 Å². The minimum atomic E-state index is -0.555. The summed E-state index contributed by atoms with van der Waals surface area (Å²) >= 11 is 0. The first-order valence-corrected chi connectivity index (χ1v) is 9.37. The maximum absolute atomic E-state index is 12.9. The second-order valence-corrected chi connectivity index (χ2v) is 7.32. The van der Waals surface area contributed by atoms with Crippen molar-refractivity contribution in [3.05, 3.63) is 50.7 Å². The smallest absolute Gasteiger partial charge is 0.329 e. The molecule has 0 atom stereocenters. The molecule has 0 spiro atoms. The minimum absolute atomic E-state index is 0.0661. The van der Waals surface area contributed by atoms with Crippen molar-refractivity contribution in [3.8, 4) is 0 Å². The van der Waals surface area contributed by atoms with Crippen molar-refractivity contribution in [1.82, 2.24) is 24.0 Å². The number of anilines is 2. The molecule has 152 valence electrons. The van der Waals surface area contributed by atoms with Gasteiger partial charge in [-0.25, -0.2) is 4.79 Å². The van der Waals surface area contributed by atoms with Gasteiger partial charge < -0.3 is 15.5 Å². The van der Waals surface area contributed by atoms with Gasteiger partial charge in [0.25, 0.3) is 5.56 Å². The summed E-state index contributed by atoms with van der Waals surface area (Å²) < 4.78 is 2.90. The number of Topliss-reactive ketones (excluding diaryl/α,β-unsaturated/α-hetero) is 1. The van der Waals surface area contributed by atoms with Crippen LogP contribution in [0.1, 0.15) is 10.4 Å². The number of carbonyl (C=O) groups is 1. The van der Waals surface area contributed by atoms with Crippen molar-refractivity contribution in [2.75, 3.05) is 43.9 Å². The second kappa shape index (κ2) is 7.21. The highest BCUT2D eigenvalue weighted by molar-refractivity contribution is 5.97. The molecule has 1 aliphatic heterocycles. The fraction of sp³-hybridized carbons (Fsp3) is 0.368. The molecule has 29 heavy (non-hydrogen) atoms. The molecule has 3 N–H and O–H groups in total. The Balaban J connectivity index is 1.83. The van der Waals surface area contributed by atoms with E-state index in [0.717, 1.165) is 13.1 Å². The van der Waals surface area contributed by atoms with Gasteiger partial charge in [-0.05, 0) is 31.3 Å². The fourth-order valence-electron chi connectivity index (χ4n) is 3.52. The molecule has 1 aliphatic rings. The van der Waals surface area contributed by atoms with E-state index in [-0.39, 0.29) is 23.5 Å². The number of ketones is 1. The number of rotatable bonds is 4. The predicted molar refractivity (Wildman–Crippen MR) is 110 cm³/mol. The number of likely N-dealkylation sites (N-methyl/N-ethyl adjacent to an activating group) is 1. The Morgan fingerprint density at radius 3 is 2.41 bits per heavy atom. The topological polar surface area (TPSA) is 122 Å². The Morgan fingerprint density at radius 2 is 1.76 bits per heavy atom. The number of nitrogens with one attached hydrogen (secondary N) is 1. The zero-order valence-electron chi connectivity index (χ0n) is 16.4. The summed E-state index contributed by atoms with van der Waals surface area (Å²) in [5.74, 6) is 0.344. The third kappa shape index (κ3) is 3.42. The lowest BCUT2D eigenvalue weighted by atomic mass is 10.1. The molecule has 0 unspecified atom stereocenters. The highest BCUT2D eigenvalue weighted by Crippen LogP contribution is 2.21. The summed E-state index contributed by atoms with van der Waals surface area (Å²) in [6, 6.07) is 6.65. The Bertz CT molecular complexity index is 1180. The van der Waals surface area contributed by atoms with Crippen molar-refractivity contribution >= 4 is 28.6 Å². The molecular weight excluding hydrogens is 374 g/mol. The number of hydrogen-bond donors (Lipinski definition) is 2. The number of fused-ring (bicyclic) bond motifs is 1. The normalized spacial score (nSPS) is 15.2. The number of benzene rings is 1. The molecule has 0 saturated carbocycles. The Kier molecular flexibility index (Phi) is 4.71. The molecule has 10 heteroatoms. The van der Waals surface area contributed by atoms with Crippen molar-refractivity contribution in [2.24, 2.45) is 7.05 Å². The highest BCUT2D eigenvalue weighted by Gasteiger charge is 2.25. The van der Waals surface area contributed by atoms with Gasteiger partial charge in [0.1, 0.15) is 0 Å². The van der Waals surface area contributed by atoms with Crippen LogP contribution in [0.4, 0.5) is 11.6 Å². The van der Waals surface area contributed by atoms with Crippen molar-refractivity contribution in [1.29, 1.82) is 0 Å². The van der Waals surface area contributed by atoms with Crippen LogP contribution >= 0.6 is 0 Å². The molecule has 0 aliphatic carbocycles. The molecule has 1 aromatic carbocycles. The summed E-state index contributed by atoms with van der Waals surface area (Å²) in [5, 5.41) is 0. The van der Waals surface area contributed by atoms with Crippen LogP contribution in [0.2, 0.25) is 0 Å². The van der Waals surface area contributed by atoms with E-state index in [1.807, 2.05) is 11.9 Å². The van der Waals surface area contributed by atoms with Crippen molar-refractivity contribution < 1.29 is 4.79 Å². The van der Waals surface area contributed by atoms with E-state index < -0.39 is 11.2 Å². The van der Waals surface area contributed by atoms with Gasteiger partial charge in [-0.1, -0.05) is 0 Å². The molecule has 0 bridgehead atoms. The summed E-state index contributed by atoms with van der Waals surface area (Å²) in [6.07, 6.45) is 0. The van der Waals surface area contributed by atoms with Crippen LogP contribution < -0.4 is 21.9 Å². The molecule has 1 fully saturated rings. The van der Waals surface area contributed by atoms with Crippen molar-refractivity contribution in [3.63, 3.8) is 0 Å². The molecule has 10 nitrogen and oxygen atoms in total. The number of hydrogen-bond acceptors (Lipinski definition) is 7. The van der Waals surface area contributed by atoms with E-state index >= 15 is 0 Å². The first kappa shape index (κ1) is 18.9. The number of aryl methyl sites for hydroxylation is 1. The van der Waals surface area contributed by atoms with E-state index in [0.29, 0.717) is 30.3 Å². The van der Waals surface area contributed by atoms with Crippen LogP contribution in [0.25, 0.3) is 11.2 Å². The summed E-state index contributed by atoms with van der Waals surface area (Å²) in [7, 11) is 3.59. The molecule has 0 amide bonds. The maximum atomic E-state index is 12.9. The fourth-order valence-corrected chi connectivity index (χ4v) is 3.52. The Hall–Kier alpha value is -3.40. The van der Waals surface area contributed by atoms with Crippen LogP contribution in [-0.2, 0) is 13.6 Å². The molecular formula is C19H23N7O3. The van der Waals surface area contributed by atoms with Crippen LogP contribution in [-0.4, -0.2) is 63.0 Å². The van der Waals surface area contributed by atoms with Gasteiger partial charge in [-0.2, -0.15) is 4.98 Å². The number of aromatic amines is 1. The Morgan fingerprint density at radius 1 is 1.10 bits per heavy atom. The lowest BCUT2D eigenvalue weighted by Gasteiger charge is -2.33. The van der Waals surface area contributed by atoms with Gasteiger partial charge in [0.2, 0.25) is 5.95 Å². The molecule has 1 saturated heterocycles. The van der Waals surface area contributed by atoms with Crippen molar-refractivity contribution in [2.45, 2.75) is 6.54 Å². The largest absolute Gasteiger partial charge is 0.399 e. The molecule has 3 aromatic rings. The third-order valence-electron chi connectivity index (χ3n) is 5.31. The lowest BCUT2D eigenvalue weighted by Crippen LogP contribution is -2.45. The average Bonchev–Trinajstić information content (AvgIpc) is 3.07. The lowest BCUT2D eigenvalue weighted by molar-refractivity contribution is 0.0973. The summed E-state index contributed by atoms with van der Waals surface area (Å²) in [4.78, 5) is 48.7. The number of nitrogens with zero attached hydrogens (tertiary/aromatic N) is 5. The van der Waals surface area contributed by atoms with Gasteiger partial charge >= 0.3 is 5.69 Å². The third-order valence-corrected chi connectivity index (χ3v) is 5.31. The van der Waals surface area contributed by atoms with Crippen LogP contribution in [0.5, 0.6) is 0 Å². The number of nitrogen functional groups attached to an aromatic ring is 1. The maximum Gasteiger partial charge on any atom is 0.329 e. The second-order valence-electron chi connectivity index (χ2n) is 7.32. The van der Waals surface area contributed by atoms with Crippen LogP contribution in [0.3, 0.4) is 0 Å². The monoisotopic (exact) mass is 397 g/mol. The summed E-state index contributed by atoms with van der Waals surface area (Å²) in [5.41, 5.74) is 6.15. The SMILES string of the molecule is CN1CCN(c2nc3c(c(=O)[nH]c(=O)n3C)n2CC(=O)c2ccc(N)cc2)CC1. The first-order valence-electron chi connectivity index (χ1n) is 9.37. The number of carbonyl (C=O) groups excluding carboxylic acids is 1. The van der Waals surface area contributed by atoms with Gasteiger partial charge in [-0.15, -0.1) is 0 Å². The number of piperazine rings is 1. The van der Waals surface area contributed by atoms with Gasteiger partial charge in [0.05, 0.1) is 6.54 Å². The minimum Gasteiger partial charge on any atom is -0.399 e. The van der Waals surface area contributed by atoms with E-state index in [4.69, 9.17) is 5.73 Å².